The van der Waals surface area contributed by atoms with Crippen molar-refractivity contribution in [2.24, 2.45) is 0 Å². The second kappa shape index (κ2) is 9.72. The first-order valence-electron chi connectivity index (χ1n) is 8.10. The summed E-state index contributed by atoms with van der Waals surface area (Å²) in [6, 6.07) is 13.5. The van der Waals surface area contributed by atoms with E-state index >= 15 is 0 Å². The molecule has 2 aromatic rings. The molecule has 2 N–H and O–H groups in total. The predicted molar refractivity (Wildman–Crippen MR) is 101 cm³/mol. The molecule has 0 atom stereocenters. The van der Waals surface area contributed by atoms with Gasteiger partial charge in [-0.15, -0.1) is 0 Å². The van der Waals surface area contributed by atoms with Gasteiger partial charge in [-0.05, 0) is 55.5 Å². The average Bonchev–Trinajstić information content (AvgIpc) is 2.65. The van der Waals surface area contributed by atoms with Gasteiger partial charge in [0, 0.05) is 28.4 Å². The number of benzene rings is 2. The van der Waals surface area contributed by atoms with Crippen molar-refractivity contribution in [2.45, 2.75) is 19.8 Å². The highest BCUT2D eigenvalue weighted by Gasteiger charge is 2.11. The van der Waals surface area contributed by atoms with Crippen molar-refractivity contribution in [1.82, 2.24) is 10.9 Å². The van der Waals surface area contributed by atoms with E-state index in [9.17, 15) is 14.4 Å². The summed E-state index contributed by atoms with van der Waals surface area (Å²) >= 11 is 3.28. The molecule has 0 fully saturated rings. The molecule has 2 rings (SSSR count). The molecule has 0 spiro atoms. The van der Waals surface area contributed by atoms with E-state index in [0.717, 1.165) is 4.47 Å². The van der Waals surface area contributed by atoms with Gasteiger partial charge in [0.1, 0.15) is 5.75 Å². The number of ketones is 1. The van der Waals surface area contributed by atoms with E-state index in [0.29, 0.717) is 23.5 Å². The van der Waals surface area contributed by atoms with Crippen LogP contribution in [0.15, 0.2) is 53.0 Å². The zero-order valence-corrected chi connectivity index (χ0v) is 15.8. The summed E-state index contributed by atoms with van der Waals surface area (Å²) in [4.78, 5) is 35.8. The Hall–Kier alpha value is -2.67. The van der Waals surface area contributed by atoms with Crippen molar-refractivity contribution < 1.29 is 19.1 Å². The number of rotatable bonds is 7. The Morgan fingerprint density at radius 2 is 1.50 bits per heavy atom. The molecule has 0 saturated heterocycles. The molecule has 0 radical (unpaired) electrons. The molecular weight excluding hydrogens is 400 g/mol. The van der Waals surface area contributed by atoms with Gasteiger partial charge in [-0.2, -0.15) is 0 Å². The fourth-order valence-electron chi connectivity index (χ4n) is 2.14. The van der Waals surface area contributed by atoms with Gasteiger partial charge in [-0.3, -0.25) is 25.2 Å². The van der Waals surface area contributed by atoms with Crippen LogP contribution in [0, 0.1) is 0 Å². The molecule has 0 aromatic heterocycles. The molecule has 136 valence electrons. The monoisotopic (exact) mass is 418 g/mol. The van der Waals surface area contributed by atoms with E-state index < -0.39 is 11.8 Å². The Kier molecular flexibility index (Phi) is 7.35. The van der Waals surface area contributed by atoms with E-state index in [1.807, 2.05) is 6.92 Å². The van der Waals surface area contributed by atoms with E-state index in [-0.39, 0.29) is 18.6 Å². The number of Topliss-reactive ketones (excluding diaryl/α,β-unsaturated/α-hetero) is 1. The molecule has 0 bridgehead atoms. The van der Waals surface area contributed by atoms with Crippen LogP contribution in [0.3, 0.4) is 0 Å². The quantitative estimate of drug-likeness (QED) is 0.533. The fourth-order valence-corrected chi connectivity index (χ4v) is 2.40. The van der Waals surface area contributed by atoms with Gasteiger partial charge in [-0.25, -0.2) is 0 Å². The predicted octanol–water partition coefficient (Wildman–Crippen LogP) is 3.27. The lowest BCUT2D eigenvalue weighted by molar-refractivity contribution is -0.121. The van der Waals surface area contributed by atoms with E-state index in [4.69, 9.17) is 4.74 Å². The highest BCUT2D eigenvalue weighted by Crippen LogP contribution is 2.14. The number of hydrazine groups is 1. The first kappa shape index (κ1) is 19.7. The van der Waals surface area contributed by atoms with Crippen LogP contribution < -0.4 is 15.6 Å². The Morgan fingerprint density at radius 3 is 2.12 bits per heavy atom. The molecule has 0 aliphatic heterocycles. The number of hydrogen-bond donors (Lipinski definition) is 2. The molecule has 26 heavy (non-hydrogen) atoms. The number of carbonyl (C=O) groups excluding carboxylic acids is 3. The molecule has 2 amide bonds. The first-order chi connectivity index (χ1) is 12.5. The summed E-state index contributed by atoms with van der Waals surface area (Å²) in [6.07, 6.45) is 0.0284. The SMILES string of the molecule is CCOc1ccc(C(=O)CCC(=O)NNC(=O)c2ccc(Br)cc2)cc1. The third kappa shape index (κ3) is 6.00. The summed E-state index contributed by atoms with van der Waals surface area (Å²) < 4.78 is 6.17. The molecule has 0 unspecified atom stereocenters. The molecule has 0 aliphatic rings. The maximum Gasteiger partial charge on any atom is 0.269 e. The summed E-state index contributed by atoms with van der Waals surface area (Å²) in [5.74, 6) is -0.321. The lowest BCUT2D eigenvalue weighted by Crippen LogP contribution is -2.41. The van der Waals surface area contributed by atoms with Crippen molar-refractivity contribution in [3.05, 3.63) is 64.1 Å². The molecule has 0 aliphatic carbocycles. The van der Waals surface area contributed by atoms with Gasteiger partial charge in [-0.1, -0.05) is 15.9 Å². The number of nitrogens with one attached hydrogen (secondary N) is 2. The number of carbonyl (C=O) groups is 3. The maximum absolute atomic E-state index is 12.1. The maximum atomic E-state index is 12.1. The third-order valence-corrected chi connectivity index (χ3v) is 4.02. The smallest absolute Gasteiger partial charge is 0.269 e. The Balaban J connectivity index is 1.76. The van der Waals surface area contributed by atoms with E-state index in [1.165, 1.54) is 0 Å². The molecule has 6 nitrogen and oxygen atoms in total. The second-order valence-corrected chi connectivity index (χ2v) is 6.31. The summed E-state index contributed by atoms with van der Waals surface area (Å²) in [6.45, 7) is 2.44. The molecular formula is C19H19BrN2O4. The van der Waals surface area contributed by atoms with Gasteiger partial charge < -0.3 is 4.74 Å². The number of halogens is 1. The van der Waals surface area contributed by atoms with Crippen LogP contribution in [-0.2, 0) is 4.79 Å². The molecule has 0 saturated carbocycles. The minimum absolute atomic E-state index is 0.0212. The largest absolute Gasteiger partial charge is 0.494 e. The fraction of sp³-hybridized carbons (Fsp3) is 0.211. The zero-order chi connectivity index (χ0) is 18.9. The van der Waals surface area contributed by atoms with Gasteiger partial charge in [0.15, 0.2) is 5.78 Å². The number of ether oxygens (including phenoxy) is 1. The van der Waals surface area contributed by atoms with Crippen molar-refractivity contribution >= 4 is 33.5 Å². The minimum Gasteiger partial charge on any atom is -0.494 e. The Bertz CT molecular complexity index is 773. The normalized spacial score (nSPS) is 10.1. The third-order valence-electron chi connectivity index (χ3n) is 3.49. The number of hydrogen-bond acceptors (Lipinski definition) is 4. The Morgan fingerprint density at radius 1 is 0.885 bits per heavy atom. The number of amides is 2. The van der Waals surface area contributed by atoms with Crippen LogP contribution in [0.1, 0.15) is 40.5 Å². The van der Waals surface area contributed by atoms with Crippen molar-refractivity contribution in [3.8, 4) is 5.75 Å². The van der Waals surface area contributed by atoms with Crippen LogP contribution >= 0.6 is 15.9 Å². The van der Waals surface area contributed by atoms with Crippen molar-refractivity contribution in [3.63, 3.8) is 0 Å². The zero-order valence-electron chi connectivity index (χ0n) is 14.3. The van der Waals surface area contributed by atoms with Crippen LogP contribution in [0.2, 0.25) is 0 Å². The van der Waals surface area contributed by atoms with Gasteiger partial charge in [0.2, 0.25) is 5.91 Å². The second-order valence-electron chi connectivity index (χ2n) is 5.39. The standard InChI is InChI=1S/C19H19BrN2O4/c1-2-26-16-9-5-13(6-10-16)17(23)11-12-18(24)21-22-19(25)14-3-7-15(20)8-4-14/h3-10H,2,11-12H2,1H3,(H,21,24)(H,22,25). The molecule has 2 aromatic carbocycles. The summed E-state index contributed by atoms with van der Waals surface area (Å²) in [5, 5.41) is 0. The lowest BCUT2D eigenvalue weighted by Gasteiger charge is -2.08. The topological polar surface area (TPSA) is 84.5 Å². The summed E-state index contributed by atoms with van der Waals surface area (Å²) in [7, 11) is 0. The van der Waals surface area contributed by atoms with Crippen LogP contribution in [0.4, 0.5) is 0 Å². The molecule has 0 heterocycles. The Labute approximate surface area is 160 Å². The van der Waals surface area contributed by atoms with Gasteiger partial charge in [0.25, 0.3) is 5.91 Å². The van der Waals surface area contributed by atoms with Gasteiger partial charge in [0.05, 0.1) is 6.61 Å². The molecule has 7 heteroatoms. The minimum atomic E-state index is -0.435. The van der Waals surface area contributed by atoms with Crippen LogP contribution in [-0.4, -0.2) is 24.2 Å². The summed E-state index contributed by atoms with van der Waals surface area (Å²) in [5.41, 5.74) is 5.56. The van der Waals surface area contributed by atoms with E-state index in [2.05, 4.69) is 26.8 Å². The van der Waals surface area contributed by atoms with E-state index in [1.54, 1.807) is 48.5 Å². The average molecular weight is 419 g/mol. The van der Waals surface area contributed by atoms with Crippen molar-refractivity contribution in [2.75, 3.05) is 6.61 Å². The lowest BCUT2D eigenvalue weighted by atomic mass is 10.1. The highest BCUT2D eigenvalue weighted by atomic mass is 79.9. The van der Waals surface area contributed by atoms with Gasteiger partial charge >= 0.3 is 0 Å². The van der Waals surface area contributed by atoms with Crippen molar-refractivity contribution in [1.29, 1.82) is 0 Å². The van der Waals surface area contributed by atoms with Crippen LogP contribution in [0.5, 0.6) is 5.75 Å². The first-order valence-corrected chi connectivity index (χ1v) is 8.89. The highest BCUT2D eigenvalue weighted by molar-refractivity contribution is 9.10. The van der Waals surface area contributed by atoms with Crippen LogP contribution in [0.25, 0.3) is 0 Å².